The second kappa shape index (κ2) is 12.7. The predicted octanol–water partition coefficient (Wildman–Crippen LogP) is 13.0. The molecule has 0 aliphatic carbocycles. The molecule has 0 heterocycles. The summed E-state index contributed by atoms with van der Waals surface area (Å²) in [6.07, 6.45) is 0. The zero-order valence-electron chi connectivity index (χ0n) is 26.0. The lowest BCUT2D eigenvalue weighted by molar-refractivity contribution is 1.28. The maximum absolute atomic E-state index is 2.42. The molecule has 0 saturated carbocycles. The molecule has 222 valence electrons. The van der Waals surface area contributed by atoms with Gasteiger partial charge in [-0.1, -0.05) is 158 Å². The Morgan fingerprint density at radius 1 is 0.255 bits per heavy atom. The van der Waals surface area contributed by atoms with Gasteiger partial charge in [0, 0.05) is 16.9 Å². The van der Waals surface area contributed by atoms with Crippen LogP contribution >= 0.6 is 0 Å². The van der Waals surface area contributed by atoms with Crippen LogP contribution in [0.5, 0.6) is 0 Å². The van der Waals surface area contributed by atoms with Crippen LogP contribution in [-0.4, -0.2) is 0 Å². The zero-order valence-corrected chi connectivity index (χ0v) is 26.0. The van der Waals surface area contributed by atoms with Gasteiger partial charge in [0.25, 0.3) is 0 Å². The standard InChI is InChI=1S/C46H33N/c1-4-15-34(16-5-1)41-30-42(35-17-6-2-7-18-35)33-44(32-41)47(46-26-13-12-25-45(46)37-20-8-3-9-21-37)43-24-14-23-39(31-43)40-28-27-36-19-10-11-22-38(36)29-40/h1-33H. The van der Waals surface area contributed by atoms with Crippen molar-refractivity contribution in [1.29, 1.82) is 0 Å². The van der Waals surface area contributed by atoms with Gasteiger partial charge in [-0.05, 0) is 92.2 Å². The van der Waals surface area contributed by atoms with E-state index in [9.17, 15) is 0 Å². The fraction of sp³-hybridized carbons (Fsp3) is 0. The van der Waals surface area contributed by atoms with Crippen LogP contribution in [0.25, 0.3) is 55.3 Å². The Hall–Kier alpha value is -6.18. The molecule has 0 spiro atoms. The molecule has 47 heavy (non-hydrogen) atoms. The molecule has 0 N–H and O–H groups in total. The number of anilines is 3. The van der Waals surface area contributed by atoms with Gasteiger partial charge in [0.05, 0.1) is 5.69 Å². The van der Waals surface area contributed by atoms with Gasteiger partial charge >= 0.3 is 0 Å². The fourth-order valence-corrected chi connectivity index (χ4v) is 6.49. The maximum atomic E-state index is 2.42. The lowest BCUT2D eigenvalue weighted by Gasteiger charge is -2.29. The number of rotatable bonds is 7. The molecule has 8 aromatic carbocycles. The van der Waals surface area contributed by atoms with Crippen molar-refractivity contribution < 1.29 is 0 Å². The summed E-state index contributed by atoms with van der Waals surface area (Å²) in [5.41, 5.74) is 12.8. The predicted molar refractivity (Wildman–Crippen MR) is 200 cm³/mol. The van der Waals surface area contributed by atoms with Gasteiger partial charge in [-0.2, -0.15) is 0 Å². The van der Waals surface area contributed by atoms with Crippen LogP contribution in [0.2, 0.25) is 0 Å². The Bertz CT molecular complexity index is 2230. The van der Waals surface area contributed by atoms with Crippen LogP contribution in [-0.2, 0) is 0 Å². The van der Waals surface area contributed by atoms with Crippen LogP contribution in [0, 0.1) is 0 Å². The van der Waals surface area contributed by atoms with E-state index in [1.165, 1.54) is 55.3 Å². The third-order valence-corrected chi connectivity index (χ3v) is 8.81. The molecule has 0 aromatic heterocycles. The normalized spacial score (nSPS) is 11.0. The zero-order chi connectivity index (χ0) is 31.4. The summed E-state index contributed by atoms with van der Waals surface area (Å²) in [4.78, 5) is 2.42. The maximum Gasteiger partial charge on any atom is 0.0540 e. The Morgan fingerprint density at radius 3 is 1.45 bits per heavy atom. The monoisotopic (exact) mass is 599 g/mol. The van der Waals surface area contributed by atoms with Gasteiger partial charge < -0.3 is 4.90 Å². The third-order valence-electron chi connectivity index (χ3n) is 8.81. The molecule has 0 saturated heterocycles. The number of fused-ring (bicyclic) bond motifs is 1. The highest BCUT2D eigenvalue weighted by Crippen LogP contribution is 2.44. The highest BCUT2D eigenvalue weighted by molar-refractivity contribution is 5.93. The minimum Gasteiger partial charge on any atom is -0.310 e. The number of hydrogen-bond acceptors (Lipinski definition) is 1. The summed E-state index contributed by atoms with van der Waals surface area (Å²) in [6.45, 7) is 0. The number of hydrogen-bond donors (Lipinski definition) is 0. The van der Waals surface area contributed by atoms with E-state index >= 15 is 0 Å². The van der Waals surface area contributed by atoms with E-state index in [0.717, 1.165) is 17.1 Å². The summed E-state index contributed by atoms with van der Waals surface area (Å²) in [5.74, 6) is 0. The molecular formula is C46H33N. The first kappa shape index (κ1) is 28.3. The minimum atomic E-state index is 1.10. The molecule has 0 fully saturated rings. The van der Waals surface area contributed by atoms with Crippen LogP contribution in [0.15, 0.2) is 200 Å². The van der Waals surface area contributed by atoms with E-state index in [2.05, 4.69) is 205 Å². The molecule has 1 heteroatoms. The van der Waals surface area contributed by atoms with E-state index in [0.29, 0.717) is 0 Å². The van der Waals surface area contributed by atoms with Crippen molar-refractivity contribution in [2.24, 2.45) is 0 Å². The molecule has 0 amide bonds. The molecule has 0 bridgehead atoms. The Balaban J connectivity index is 1.37. The van der Waals surface area contributed by atoms with Crippen molar-refractivity contribution in [3.05, 3.63) is 200 Å². The number of para-hydroxylation sites is 1. The van der Waals surface area contributed by atoms with E-state index in [1.54, 1.807) is 0 Å². The lowest BCUT2D eigenvalue weighted by atomic mass is 9.96. The average molecular weight is 600 g/mol. The molecule has 1 nitrogen and oxygen atoms in total. The van der Waals surface area contributed by atoms with Gasteiger partial charge in [-0.15, -0.1) is 0 Å². The van der Waals surface area contributed by atoms with Crippen molar-refractivity contribution in [3.8, 4) is 44.5 Å². The van der Waals surface area contributed by atoms with E-state index in [-0.39, 0.29) is 0 Å². The first-order valence-corrected chi connectivity index (χ1v) is 16.1. The second-order valence-electron chi connectivity index (χ2n) is 11.8. The second-order valence-corrected chi connectivity index (χ2v) is 11.8. The topological polar surface area (TPSA) is 3.24 Å². The summed E-state index contributed by atoms with van der Waals surface area (Å²) in [5, 5.41) is 2.49. The van der Waals surface area contributed by atoms with Crippen LogP contribution in [0.3, 0.4) is 0 Å². The molecular weight excluding hydrogens is 567 g/mol. The van der Waals surface area contributed by atoms with Crippen molar-refractivity contribution >= 4 is 27.8 Å². The van der Waals surface area contributed by atoms with Crippen LogP contribution in [0.1, 0.15) is 0 Å². The lowest BCUT2D eigenvalue weighted by Crippen LogP contribution is -2.12. The van der Waals surface area contributed by atoms with Gasteiger partial charge in [0.1, 0.15) is 0 Å². The summed E-state index contributed by atoms with van der Waals surface area (Å²) >= 11 is 0. The van der Waals surface area contributed by atoms with Gasteiger partial charge in [0.15, 0.2) is 0 Å². The molecule has 0 aliphatic heterocycles. The molecule has 0 radical (unpaired) electrons. The average Bonchev–Trinajstić information content (AvgIpc) is 3.16. The van der Waals surface area contributed by atoms with E-state index in [1.807, 2.05) is 0 Å². The molecule has 8 rings (SSSR count). The van der Waals surface area contributed by atoms with Crippen molar-refractivity contribution in [3.63, 3.8) is 0 Å². The van der Waals surface area contributed by atoms with E-state index < -0.39 is 0 Å². The van der Waals surface area contributed by atoms with Crippen LogP contribution < -0.4 is 4.90 Å². The minimum absolute atomic E-state index is 1.10. The Morgan fingerprint density at radius 2 is 0.766 bits per heavy atom. The van der Waals surface area contributed by atoms with Crippen LogP contribution in [0.4, 0.5) is 17.1 Å². The van der Waals surface area contributed by atoms with Gasteiger partial charge in [-0.25, -0.2) is 0 Å². The number of nitrogens with zero attached hydrogens (tertiary/aromatic N) is 1. The molecule has 0 aliphatic rings. The van der Waals surface area contributed by atoms with E-state index in [4.69, 9.17) is 0 Å². The Kier molecular flexibility index (Phi) is 7.63. The SMILES string of the molecule is c1ccc(-c2cc(-c3ccccc3)cc(N(c3cccc(-c4ccc5ccccc5c4)c3)c3ccccc3-c3ccccc3)c2)cc1. The van der Waals surface area contributed by atoms with Crippen molar-refractivity contribution in [2.45, 2.75) is 0 Å². The summed E-state index contributed by atoms with van der Waals surface area (Å²) < 4.78 is 0. The van der Waals surface area contributed by atoms with Gasteiger partial charge in [0.2, 0.25) is 0 Å². The molecule has 0 unspecified atom stereocenters. The molecule has 0 atom stereocenters. The fourth-order valence-electron chi connectivity index (χ4n) is 6.49. The smallest absolute Gasteiger partial charge is 0.0540 e. The highest BCUT2D eigenvalue weighted by atomic mass is 15.1. The quantitative estimate of drug-likeness (QED) is 0.176. The first-order chi connectivity index (χ1) is 23.3. The van der Waals surface area contributed by atoms with Crippen molar-refractivity contribution in [2.75, 3.05) is 4.90 Å². The largest absolute Gasteiger partial charge is 0.310 e. The summed E-state index contributed by atoms with van der Waals surface area (Å²) in [6, 6.07) is 72.0. The van der Waals surface area contributed by atoms with Gasteiger partial charge in [-0.3, -0.25) is 0 Å². The number of benzene rings is 8. The third kappa shape index (κ3) is 5.83. The molecule has 8 aromatic rings. The Labute approximate surface area is 276 Å². The first-order valence-electron chi connectivity index (χ1n) is 16.1. The highest BCUT2D eigenvalue weighted by Gasteiger charge is 2.19. The van der Waals surface area contributed by atoms with Crippen molar-refractivity contribution in [1.82, 2.24) is 0 Å². The summed E-state index contributed by atoms with van der Waals surface area (Å²) in [7, 11) is 0.